The fourth-order valence-electron chi connectivity index (χ4n) is 5.88. The molecule has 2 aromatic carbocycles. The predicted molar refractivity (Wildman–Crippen MR) is 198 cm³/mol. The molecule has 0 unspecified atom stereocenters. The van der Waals surface area contributed by atoms with E-state index in [9.17, 15) is 19.2 Å². The van der Waals surface area contributed by atoms with Crippen molar-refractivity contribution >= 4 is 40.7 Å². The number of methoxy groups -OCH3 is 1. The number of nitrogens with zero attached hydrogens (tertiary/aromatic N) is 2. The van der Waals surface area contributed by atoms with Gasteiger partial charge < -0.3 is 31.2 Å². The molecule has 0 saturated heterocycles. The molecule has 0 spiro atoms. The summed E-state index contributed by atoms with van der Waals surface area (Å²) >= 11 is 1.54. The van der Waals surface area contributed by atoms with Gasteiger partial charge in [-0.2, -0.15) is 0 Å². The lowest BCUT2D eigenvalue weighted by Gasteiger charge is -2.18. The number of anilines is 1. The second-order valence-corrected chi connectivity index (χ2v) is 13.0. The Bertz CT molecular complexity index is 2130. The van der Waals surface area contributed by atoms with Crippen molar-refractivity contribution in [3.05, 3.63) is 118 Å². The molecule has 0 aliphatic carbocycles. The van der Waals surface area contributed by atoms with E-state index in [4.69, 9.17) is 15.2 Å². The molecule has 3 aromatic heterocycles. The van der Waals surface area contributed by atoms with Gasteiger partial charge in [0.15, 0.2) is 5.69 Å². The summed E-state index contributed by atoms with van der Waals surface area (Å²) in [6.07, 6.45) is 4.72. The zero-order chi connectivity index (χ0) is 36.6. The highest BCUT2D eigenvalue weighted by atomic mass is 32.1. The minimum absolute atomic E-state index is 0.0227. The number of hydrogen-bond acceptors (Lipinski definition) is 10. The number of pyridine rings is 2. The second-order valence-electron chi connectivity index (χ2n) is 12.1. The number of thiophene rings is 1. The number of hydrogen-bond donors (Lipinski definition) is 4. The van der Waals surface area contributed by atoms with Gasteiger partial charge in [0.1, 0.15) is 11.4 Å². The van der Waals surface area contributed by atoms with Crippen molar-refractivity contribution in [3.8, 4) is 27.3 Å². The number of carbonyl (C=O) groups is 4. The zero-order valence-electron chi connectivity index (χ0n) is 28.8. The molecular formula is C39H38N6O6S. The van der Waals surface area contributed by atoms with Gasteiger partial charge in [-0.1, -0.05) is 25.1 Å². The van der Waals surface area contributed by atoms with Gasteiger partial charge in [-0.3, -0.25) is 19.4 Å². The molecule has 5 N–H and O–H groups in total. The monoisotopic (exact) mass is 718 g/mol. The number of carbonyl (C=O) groups excluding carboxylic acids is 4. The van der Waals surface area contributed by atoms with Gasteiger partial charge in [0.2, 0.25) is 5.91 Å². The summed E-state index contributed by atoms with van der Waals surface area (Å²) in [6.45, 7) is 3.32. The highest BCUT2D eigenvalue weighted by Gasteiger charge is 2.27. The maximum atomic E-state index is 14.5. The molecule has 3 amide bonds. The van der Waals surface area contributed by atoms with Crippen molar-refractivity contribution in [2.24, 2.45) is 5.73 Å². The summed E-state index contributed by atoms with van der Waals surface area (Å²) in [6, 6.07) is 17.6. The Balaban J connectivity index is 1.41. The van der Waals surface area contributed by atoms with E-state index < -0.39 is 17.8 Å². The molecule has 4 heterocycles. The summed E-state index contributed by atoms with van der Waals surface area (Å²) in [4.78, 5) is 63.1. The number of fused-ring (bicyclic) bond motifs is 3. The number of nitrogens with one attached hydrogen (secondary N) is 3. The number of benzene rings is 2. The van der Waals surface area contributed by atoms with Crippen molar-refractivity contribution in [3.63, 3.8) is 0 Å². The van der Waals surface area contributed by atoms with Crippen molar-refractivity contribution in [2.45, 2.75) is 39.3 Å². The third-order valence-electron chi connectivity index (χ3n) is 8.53. The van der Waals surface area contributed by atoms with Crippen LogP contribution in [0.15, 0.2) is 78.4 Å². The maximum absolute atomic E-state index is 14.5. The van der Waals surface area contributed by atoms with Gasteiger partial charge in [-0.15, -0.1) is 11.3 Å². The van der Waals surface area contributed by atoms with Gasteiger partial charge in [0, 0.05) is 71.3 Å². The molecule has 266 valence electrons. The molecule has 0 atom stereocenters. The van der Waals surface area contributed by atoms with Crippen molar-refractivity contribution in [1.82, 2.24) is 20.6 Å². The van der Waals surface area contributed by atoms with E-state index in [1.165, 1.54) is 13.2 Å². The zero-order valence-corrected chi connectivity index (χ0v) is 29.6. The number of ether oxygens (including phenoxy) is 2. The van der Waals surface area contributed by atoms with Crippen LogP contribution >= 0.6 is 11.3 Å². The highest BCUT2D eigenvalue weighted by Crippen LogP contribution is 2.43. The van der Waals surface area contributed by atoms with Crippen LogP contribution in [0, 0.1) is 0 Å². The molecule has 52 heavy (non-hydrogen) atoms. The SMILES string of the molecule is CCCNC(=O)c1ccc(-c2cc3c(cc2C(=O)Nc2ccc(CN)cc2CC(=O)NCc2cccnc2)-c2sccc2CCO3)c(C(=O)OC)n1. The van der Waals surface area contributed by atoms with E-state index in [-0.39, 0.29) is 41.4 Å². The summed E-state index contributed by atoms with van der Waals surface area (Å²) in [5.74, 6) is -1.44. The molecule has 0 fully saturated rings. The average molecular weight is 719 g/mol. The molecule has 5 aromatic rings. The molecule has 1 aliphatic heterocycles. The minimum Gasteiger partial charge on any atom is -0.493 e. The average Bonchev–Trinajstić information content (AvgIpc) is 3.57. The lowest BCUT2D eigenvalue weighted by atomic mass is 9.93. The largest absolute Gasteiger partial charge is 0.493 e. The summed E-state index contributed by atoms with van der Waals surface area (Å²) in [5, 5.41) is 10.7. The Morgan fingerprint density at radius 3 is 2.60 bits per heavy atom. The quantitative estimate of drug-likeness (QED) is 0.125. The Hall–Kier alpha value is -5.92. The standard InChI is InChI=1S/C39H38N6O6S/c1-3-12-42-38(48)32-9-7-27(35(44-32)39(49)50-2)28-19-33-30(36-25(10-14-51-33)11-15-52-36)18-29(28)37(47)45-31-8-6-23(20-40)16-26(31)17-34(46)43-22-24-5-4-13-41-21-24/h4-9,11,13,15-16,18-19,21H,3,10,12,14,17,20,22,40H2,1-2H3,(H,42,48)(H,43,46)(H,45,47). The van der Waals surface area contributed by atoms with Crippen LogP contribution in [0.3, 0.4) is 0 Å². The molecule has 0 saturated carbocycles. The van der Waals surface area contributed by atoms with Gasteiger partial charge in [-0.25, -0.2) is 9.78 Å². The van der Waals surface area contributed by atoms with Gasteiger partial charge in [0.05, 0.1) is 20.1 Å². The van der Waals surface area contributed by atoms with E-state index in [1.807, 2.05) is 24.4 Å². The molecular weight excluding hydrogens is 681 g/mol. The second kappa shape index (κ2) is 16.4. The number of nitrogens with two attached hydrogens (primary N) is 1. The smallest absolute Gasteiger partial charge is 0.357 e. The van der Waals surface area contributed by atoms with Crippen LogP contribution in [-0.4, -0.2) is 53.9 Å². The molecule has 1 aliphatic rings. The molecule has 0 radical (unpaired) electrons. The van der Waals surface area contributed by atoms with Crippen molar-refractivity contribution in [2.75, 3.05) is 25.6 Å². The van der Waals surface area contributed by atoms with Crippen molar-refractivity contribution in [1.29, 1.82) is 0 Å². The van der Waals surface area contributed by atoms with Crippen molar-refractivity contribution < 1.29 is 28.7 Å². The van der Waals surface area contributed by atoms with Gasteiger partial charge >= 0.3 is 5.97 Å². The molecule has 0 bridgehead atoms. The maximum Gasteiger partial charge on any atom is 0.357 e. The first-order chi connectivity index (χ1) is 25.3. The summed E-state index contributed by atoms with van der Waals surface area (Å²) < 4.78 is 11.3. The lowest BCUT2D eigenvalue weighted by molar-refractivity contribution is -0.120. The molecule has 12 nitrogen and oxygen atoms in total. The normalized spacial score (nSPS) is 11.7. The van der Waals surface area contributed by atoms with E-state index >= 15 is 0 Å². The van der Waals surface area contributed by atoms with Crippen LogP contribution < -0.4 is 26.4 Å². The number of amides is 3. The summed E-state index contributed by atoms with van der Waals surface area (Å²) in [7, 11) is 1.23. The number of rotatable bonds is 12. The summed E-state index contributed by atoms with van der Waals surface area (Å²) in [5.41, 5.74) is 11.1. The van der Waals surface area contributed by atoms with Crippen LogP contribution in [0.25, 0.3) is 21.6 Å². The number of esters is 1. The Morgan fingerprint density at radius 1 is 0.962 bits per heavy atom. The Labute approximate surface area is 304 Å². The first kappa shape index (κ1) is 35.9. The fraction of sp³-hybridized carbons (Fsp3) is 0.231. The fourth-order valence-corrected chi connectivity index (χ4v) is 6.86. The van der Waals surface area contributed by atoms with Gasteiger partial charge in [0.25, 0.3) is 11.8 Å². The minimum atomic E-state index is -0.778. The van der Waals surface area contributed by atoms with E-state index in [0.717, 1.165) is 33.6 Å². The third-order valence-corrected chi connectivity index (χ3v) is 9.52. The van der Waals surface area contributed by atoms with E-state index in [0.29, 0.717) is 48.7 Å². The van der Waals surface area contributed by atoms with E-state index in [2.05, 4.69) is 25.9 Å². The molecule has 13 heteroatoms. The van der Waals surface area contributed by atoms with Gasteiger partial charge in [-0.05, 0) is 76.5 Å². The third kappa shape index (κ3) is 8.01. The lowest BCUT2D eigenvalue weighted by Crippen LogP contribution is -2.26. The predicted octanol–water partition coefficient (Wildman–Crippen LogP) is 5.30. The van der Waals surface area contributed by atoms with E-state index in [1.54, 1.807) is 66.2 Å². The van der Waals surface area contributed by atoms with Crippen LogP contribution in [0.5, 0.6) is 5.75 Å². The van der Waals surface area contributed by atoms with Crippen LogP contribution in [0.2, 0.25) is 0 Å². The molecule has 6 rings (SSSR count). The highest BCUT2D eigenvalue weighted by molar-refractivity contribution is 7.13. The van der Waals surface area contributed by atoms with Crippen LogP contribution in [-0.2, 0) is 35.5 Å². The van der Waals surface area contributed by atoms with Crippen LogP contribution in [0.1, 0.15) is 66.9 Å². The van der Waals surface area contributed by atoms with Crippen LogP contribution in [0.4, 0.5) is 5.69 Å². The first-order valence-electron chi connectivity index (χ1n) is 16.8. The number of aromatic nitrogens is 2. The topological polar surface area (TPSA) is 175 Å². The Kier molecular flexibility index (Phi) is 11.3. The first-order valence-corrected chi connectivity index (χ1v) is 17.7. The Morgan fingerprint density at radius 2 is 1.83 bits per heavy atom.